The van der Waals surface area contributed by atoms with Crippen molar-refractivity contribution in [2.75, 3.05) is 21.7 Å². The molecule has 0 bridgehead atoms. The van der Waals surface area contributed by atoms with Crippen molar-refractivity contribution in [3.05, 3.63) is 153 Å². The summed E-state index contributed by atoms with van der Waals surface area (Å²) in [5.41, 5.74) is 8.77. The molecule has 226 valence electrons. The second-order valence-electron chi connectivity index (χ2n) is 12.1. The first-order valence-corrected chi connectivity index (χ1v) is 14.8. The SMILES string of the molecule is CN1C=CN(c2[c-]c(Oc3[c-]c(N4[CH-]N(c5cc(C(C)(C)C)ccc5-c5ccccc5)c5ccccc54)ccc3)ccc2)[CH-]1.[Pt+4]. The van der Waals surface area contributed by atoms with E-state index >= 15 is 0 Å². The number of ether oxygens (including phenoxy) is 1. The van der Waals surface area contributed by atoms with Gasteiger partial charge in [-0.1, -0.05) is 75.4 Å². The van der Waals surface area contributed by atoms with E-state index in [1.807, 2.05) is 66.2 Å². The first-order chi connectivity index (χ1) is 21.3. The minimum atomic E-state index is 0. The van der Waals surface area contributed by atoms with E-state index in [1.165, 1.54) is 16.7 Å². The molecule has 0 saturated carbocycles. The van der Waals surface area contributed by atoms with Crippen LogP contribution >= 0.6 is 0 Å². The minimum Gasteiger partial charge on any atom is -0.510 e. The van der Waals surface area contributed by atoms with E-state index in [0.29, 0.717) is 11.5 Å². The molecule has 0 aliphatic carbocycles. The average molecular weight is 770 g/mol. The maximum atomic E-state index is 6.29. The fraction of sp³-hybridized carbons (Fsp3) is 0.128. The van der Waals surface area contributed by atoms with Gasteiger partial charge in [-0.25, -0.2) is 0 Å². The summed E-state index contributed by atoms with van der Waals surface area (Å²) in [5, 5.41) is 0. The number of hydrogen-bond acceptors (Lipinski definition) is 5. The fourth-order valence-corrected chi connectivity index (χ4v) is 5.55. The molecule has 5 aromatic rings. The molecule has 0 aromatic heterocycles. The van der Waals surface area contributed by atoms with Crippen molar-refractivity contribution in [3.8, 4) is 22.6 Å². The summed E-state index contributed by atoms with van der Waals surface area (Å²) in [7, 11) is 2.00. The molecular weight excluding hydrogens is 736 g/mol. The number of anilines is 5. The molecule has 0 atom stereocenters. The van der Waals surface area contributed by atoms with Crippen LogP contribution in [0.3, 0.4) is 0 Å². The van der Waals surface area contributed by atoms with Crippen molar-refractivity contribution in [3.63, 3.8) is 0 Å². The smallest absolute Gasteiger partial charge is 0.510 e. The molecule has 0 amide bonds. The van der Waals surface area contributed by atoms with E-state index in [4.69, 9.17) is 4.74 Å². The molecule has 0 fully saturated rings. The molecule has 5 nitrogen and oxygen atoms in total. The van der Waals surface area contributed by atoms with Crippen molar-refractivity contribution in [2.24, 2.45) is 0 Å². The van der Waals surface area contributed by atoms with Gasteiger partial charge in [-0.3, -0.25) is 0 Å². The van der Waals surface area contributed by atoms with Crippen LogP contribution in [-0.2, 0) is 26.5 Å². The minimum absolute atomic E-state index is 0. The molecule has 7 rings (SSSR count). The van der Waals surface area contributed by atoms with E-state index in [2.05, 4.69) is 128 Å². The summed E-state index contributed by atoms with van der Waals surface area (Å²) >= 11 is 0. The van der Waals surface area contributed by atoms with Crippen LogP contribution in [0.15, 0.2) is 122 Å². The van der Waals surface area contributed by atoms with Crippen molar-refractivity contribution in [1.29, 1.82) is 0 Å². The Bertz CT molecular complexity index is 1830. The van der Waals surface area contributed by atoms with Crippen LogP contribution < -0.4 is 19.4 Å². The van der Waals surface area contributed by atoms with Gasteiger partial charge in [-0.15, -0.1) is 54.4 Å². The largest absolute Gasteiger partial charge is 4.00 e. The summed E-state index contributed by atoms with van der Waals surface area (Å²) in [6, 6.07) is 44.7. The van der Waals surface area contributed by atoms with Gasteiger partial charge in [0.25, 0.3) is 0 Å². The molecule has 2 aliphatic rings. The third-order valence-electron chi connectivity index (χ3n) is 7.87. The van der Waals surface area contributed by atoms with Gasteiger partial charge >= 0.3 is 21.1 Å². The second-order valence-corrected chi connectivity index (χ2v) is 12.1. The standard InChI is InChI=1S/C39H34N4O.Pt/c1-39(2,3)30-20-21-35(29-12-6-5-7-13-29)38(24-30)43-28-42(36-18-8-9-19-37(36)43)32-15-11-17-34(26-32)44-33-16-10-14-31(25-33)41-23-22-40(4)27-41;/h5-24,27-28H,1-4H3;/q-4;+4. The fourth-order valence-electron chi connectivity index (χ4n) is 5.55. The molecule has 5 aromatic carbocycles. The van der Waals surface area contributed by atoms with Crippen molar-refractivity contribution < 1.29 is 25.8 Å². The molecule has 2 aliphatic heterocycles. The first kappa shape index (κ1) is 30.6. The number of benzene rings is 5. The number of rotatable bonds is 6. The molecule has 45 heavy (non-hydrogen) atoms. The van der Waals surface area contributed by atoms with Gasteiger partial charge in [0.1, 0.15) is 0 Å². The van der Waals surface area contributed by atoms with Gasteiger partial charge < -0.3 is 24.3 Å². The van der Waals surface area contributed by atoms with E-state index < -0.39 is 0 Å². The summed E-state index contributed by atoms with van der Waals surface area (Å²) < 4.78 is 6.29. The Hall–Kier alpha value is -4.47. The van der Waals surface area contributed by atoms with Gasteiger partial charge in [0.2, 0.25) is 0 Å². The van der Waals surface area contributed by atoms with E-state index in [9.17, 15) is 0 Å². The molecule has 0 spiro atoms. The maximum Gasteiger partial charge on any atom is 4.00 e. The van der Waals surface area contributed by atoms with Crippen LogP contribution in [0.1, 0.15) is 26.3 Å². The van der Waals surface area contributed by atoms with Gasteiger partial charge in [-0.2, -0.15) is 18.8 Å². The third-order valence-corrected chi connectivity index (χ3v) is 7.87. The summed E-state index contributed by atoms with van der Waals surface area (Å²) in [5.74, 6) is 1.25. The van der Waals surface area contributed by atoms with Crippen LogP contribution in [0, 0.1) is 25.5 Å². The molecule has 0 unspecified atom stereocenters. The zero-order valence-corrected chi connectivity index (χ0v) is 28.0. The molecule has 0 saturated heterocycles. The van der Waals surface area contributed by atoms with Gasteiger partial charge in [0.05, 0.1) is 0 Å². The van der Waals surface area contributed by atoms with E-state index in [1.54, 1.807) is 0 Å². The number of hydrogen-bond donors (Lipinski definition) is 0. The van der Waals surface area contributed by atoms with Crippen molar-refractivity contribution in [1.82, 2.24) is 4.90 Å². The number of fused-ring (bicyclic) bond motifs is 1. The monoisotopic (exact) mass is 769 g/mol. The molecule has 6 heteroatoms. The van der Waals surface area contributed by atoms with E-state index in [0.717, 1.165) is 28.4 Å². The zero-order chi connectivity index (χ0) is 30.3. The number of para-hydroxylation sites is 2. The molecule has 2 heterocycles. The predicted octanol–water partition coefficient (Wildman–Crippen LogP) is 9.79. The molecular formula is C39H34N4OPt. The third kappa shape index (κ3) is 6.23. The summed E-state index contributed by atoms with van der Waals surface area (Å²) in [6.45, 7) is 10.9. The van der Waals surface area contributed by atoms with Crippen LogP contribution in [0.5, 0.6) is 11.5 Å². The molecule has 0 radical (unpaired) electrons. The normalized spacial score (nSPS) is 14.0. The Morgan fingerprint density at radius 3 is 1.93 bits per heavy atom. The predicted molar refractivity (Wildman–Crippen MR) is 180 cm³/mol. The van der Waals surface area contributed by atoms with Crippen LogP contribution in [0.2, 0.25) is 0 Å². The number of nitrogens with zero attached hydrogens (tertiary/aromatic N) is 4. The first-order valence-electron chi connectivity index (χ1n) is 14.8. The van der Waals surface area contributed by atoms with Crippen LogP contribution in [-0.4, -0.2) is 11.9 Å². The van der Waals surface area contributed by atoms with Gasteiger partial charge in [0.15, 0.2) is 0 Å². The van der Waals surface area contributed by atoms with Gasteiger partial charge in [-0.05, 0) is 54.2 Å². The quantitative estimate of drug-likeness (QED) is 0.160. The van der Waals surface area contributed by atoms with Crippen LogP contribution in [0.25, 0.3) is 11.1 Å². The van der Waals surface area contributed by atoms with Crippen molar-refractivity contribution >= 4 is 28.4 Å². The topological polar surface area (TPSA) is 22.2 Å². The Morgan fingerprint density at radius 2 is 1.27 bits per heavy atom. The average Bonchev–Trinajstić information content (AvgIpc) is 3.65. The van der Waals surface area contributed by atoms with Gasteiger partial charge in [0, 0.05) is 34.1 Å². The summed E-state index contributed by atoms with van der Waals surface area (Å²) in [6.07, 6.45) is 3.99. The Morgan fingerprint density at radius 1 is 0.622 bits per heavy atom. The van der Waals surface area contributed by atoms with E-state index in [-0.39, 0.29) is 26.5 Å². The Kier molecular flexibility index (Phi) is 8.48. The maximum absolute atomic E-state index is 6.29. The Balaban J connectivity index is 0.00000357. The zero-order valence-electron chi connectivity index (χ0n) is 25.7. The van der Waals surface area contributed by atoms with Crippen molar-refractivity contribution in [2.45, 2.75) is 26.2 Å². The van der Waals surface area contributed by atoms with Crippen LogP contribution in [0.4, 0.5) is 28.4 Å². The summed E-state index contributed by atoms with van der Waals surface area (Å²) in [4.78, 5) is 8.48. The Labute approximate surface area is 281 Å². The molecule has 0 N–H and O–H groups in total. The second kappa shape index (κ2) is 12.5.